The highest BCUT2D eigenvalue weighted by molar-refractivity contribution is 5.89. The average Bonchev–Trinajstić information content (AvgIpc) is 2.18. The van der Waals surface area contributed by atoms with Crippen molar-refractivity contribution in [2.45, 2.75) is 20.3 Å². The van der Waals surface area contributed by atoms with Gasteiger partial charge in [0.1, 0.15) is 0 Å². The van der Waals surface area contributed by atoms with E-state index in [2.05, 4.69) is 10.6 Å². The monoisotopic (exact) mass is 207 g/mol. The Morgan fingerprint density at radius 3 is 2.67 bits per heavy atom. The fourth-order valence-electron chi connectivity index (χ4n) is 1.33. The lowest BCUT2D eigenvalue weighted by molar-refractivity contribution is 0.252. The van der Waals surface area contributed by atoms with E-state index in [0.717, 1.165) is 17.7 Å². The lowest BCUT2D eigenvalue weighted by atomic mass is 10.1. The Hall–Kier alpha value is -1.71. The van der Waals surface area contributed by atoms with Crippen LogP contribution in [0.5, 0.6) is 0 Å². The van der Waals surface area contributed by atoms with Gasteiger partial charge in [0.2, 0.25) is 0 Å². The first-order chi connectivity index (χ1) is 7.17. The molecule has 4 N–H and O–H groups in total. The Kier molecular flexibility index (Phi) is 3.97. The van der Waals surface area contributed by atoms with Crippen molar-refractivity contribution in [2.24, 2.45) is 0 Å². The number of aryl methyl sites for hydroxylation is 1. The third-order valence-electron chi connectivity index (χ3n) is 2.12. The van der Waals surface area contributed by atoms with E-state index in [1.807, 2.05) is 26.0 Å². The zero-order valence-corrected chi connectivity index (χ0v) is 9.13. The molecular weight excluding hydrogens is 190 g/mol. The first-order valence-corrected chi connectivity index (χ1v) is 5.10. The number of nitrogen functional groups attached to an aromatic ring is 1. The summed E-state index contributed by atoms with van der Waals surface area (Å²) in [5, 5.41) is 5.36. The van der Waals surface area contributed by atoms with Gasteiger partial charge in [0.15, 0.2) is 0 Å². The second kappa shape index (κ2) is 5.24. The summed E-state index contributed by atoms with van der Waals surface area (Å²) in [5.41, 5.74) is 8.34. The number of nitrogens with one attached hydrogen (secondary N) is 2. The maximum Gasteiger partial charge on any atom is 0.319 e. The Bertz CT molecular complexity index is 350. The zero-order chi connectivity index (χ0) is 11.3. The van der Waals surface area contributed by atoms with Crippen molar-refractivity contribution >= 4 is 17.4 Å². The molecule has 0 radical (unpaired) electrons. The van der Waals surface area contributed by atoms with Crippen LogP contribution in [-0.4, -0.2) is 12.6 Å². The predicted molar refractivity (Wildman–Crippen MR) is 62.9 cm³/mol. The zero-order valence-electron chi connectivity index (χ0n) is 9.13. The van der Waals surface area contributed by atoms with Crippen molar-refractivity contribution < 1.29 is 4.79 Å². The van der Waals surface area contributed by atoms with Gasteiger partial charge >= 0.3 is 6.03 Å². The number of nitrogens with two attached hydrogens (primary N) is 1. The molecule has 0 saturated carbocycles. The van der Waals surface area contributed by atoms with Gasteiger partial charge in [0.25, 0.3) is 0 Å². The smallest absolute Gasteiger partial charge is 0.319 e. The minimum atomic E-state index is -0.207. The molecule has 15 heavy (non-hydrogen) atoms. The number of hydrogen-bond acceptors (Lipinski definition) is 2. The summed E-state index contributed by atoms with van der Waals surface area (Å²) in [7, 11) is 0. The molecule has 0 aliphatic rings. The molecule has 0 fully saturated rings. The normalized spacial score (nSPS) is 9.73. The molecule has 0 heterocycles. The fourth-order valence-corrected chi connectivity index (χ4v) is 1.33. The summed E-state index contributed by atoms with van der Waals surface area (Å²) in [6.45, 7) is 4.52. The molecule has 2 amide bonds. The fraction of sp³-hybridized carbons (Fsp3) is 0.364. The number of amides is 2. The number of benzene rings is 1. The molecule has 82 valence electrons. The first kappa shape index (κ1) is 11.4. The van der Waals surface area contributed by atoms with E-state index in [9.17, 15) is 4.79 Å². The molecular formula is C11H17N3O. The number of hydrogen-bond donors (Lipinski definition) is 3. The molecule has 0 bridgehead atoms. The molecule has 0 aliphatic carbocycles. The Morgan fingerprint density at radius 2 is 2.13 bits per heavy atom. The molecule has 1 aromatic rings. The third-order valence-corrected chi connectivity index (χ3v) is 2.12. The lowest BCUT2D eigenvalue weighted by Crippen LogP contribution is -2.28. The highest BCUT2D eigenvalue weighted by Crippen LogP contribution is 2.18. The van der Waals surface area contributed by atoms with Crippen molar-refractivity contribution in [1.82, 2.24) is 5.32 Å². The second-order valence-corrected chi connectivity index (χ2v) is 3.25. The predicted octanol–water partition coefficient (Wildman–Crippen LogP) is 1.97. The van der Waals surface area contributed by atoms with E-state index >= 15 is 0 Å². The van der Waals surface area contributed by atoms with Crippen LogP contribution in [0.15, 0.2) is 18.2 Å². The molecule has 1 aromatic carbocycles. The van der Waals surface area contributed by atoms with Crippen LogP contribution in [0, 0.1) is 0 Å². The summed E-state index contributed by atoms with van der Waals surface area (Å²) in [4.78, 5) is 11.2. The minimum Gasteiger partial charge on any atom is -0.398 e. The maximum atomic E-state index is 11.2. The summed E-state index contributed by atoms with van der Waals surface area (Å²) >= 11 is 0. The van der Waals surface area contributed by atoms with Gasteiger partial charge in [-0.25, -0.2) is 4.79 Å². The van der Waals surface area contributed by atoms with E-state index in [-0.39, 0.29) is 6.03 Å². The molecule has 0 saturated heterocycles. The van der Waals surface area contributed by atoms with Gasteiger partial charge in [-0.3, -0.25) is 0 Å². The van der Waals surface area contributed by atoms with Crippen LogP contribution in [0.4, 0.5) is 16.2 Å². The lowest BCUT2D eigenvalue weighted by Gasteiger charge is -2.08. The van der Waals surface area contributed by atoms with Crippen LogP contribution < -0.4 is 16.4 Å². The highest BCUT2D eigenvalue weighted by Gasteiger charge is 2.02. The number of rotatable bonds is 3. The van der Waals surface area contributed by atoms with Gasteiger partial charge in [-0.2, -0.15) is 0 Å². The summed E-state index contributed by atoms with van der Waals surface area (Å²) < 4.78 is 0. The Labute approximate surface area is 89.9 Å². The highest BCUT2D eigenvalue weighted by atomic mass is 16.2. The number of carbonyl (C=O) groups excluding carboxylic acids is 1. The summed E-state index contributed by atoms with van der Waals surface area (Å²) in [5.74, 6) is 0. The van der Waals surface area contributed by atoms with Gasteiger partial charge in [-0.15, -0.1) is 0 Å². The van der Waals surface area contributed by atoms with Crippen LogP contribution in [0.2, 0.25) is 0 Å². The molecule has 0 aliphatic heterocycles. The van der Waals surface area contributed by atoms with Gasteiger partial charge in [0.05, 0.1) is 0 Å². The second-order valence-electron chi connectivity index (χ2n) is 3.25. The first-order valence-electron chi connectivity index (χ1n) is 5.10. The third kappa shape index (κ3) is 3.16. The Morgan fingerprint density at radius 1 is 1.40 bits per heavy atom. The molecule has 0 unspecified atom stereocenters. The van der Waals surface area contributed by atoms with E-state index in [4.69, 9.17) is 5.73 Å². The van der Waals surface area contributed by atoms with Crippen LogP contribution in [0.3, 0.4) is 0 Å². The minimum absolute atomic E-state index is 0.207. The van der Waals surface area contributed by atoms with Crippen molar-refractivity contribution in [2.75, 3.05) is 17.6 Å². The average molecular weight is 207 g/mol. The molecule has 0 atom stereocenters. The molecule has 1 rings (SSSR count). The van der Waals surface area contributed by atoms with Crippen LogP contribution in [0.25, 0.3) is 0 Å². The SMILES string of the molecule is CCNC(=O)Nc1ccc(CC)c(N)c1. The molecule has 4 nitrogen and oxygen atoms in total. The van der Waals surface area contributed by atoms with E-state index in [1.54, 1.807) is 6.07 Å². The van der Waals surface area contributed by atoms with E-state index in [1.165, 1.54) is 0 Å². The number of anilines is 2. The van der Waals surface area contributed by atoms with E-state index < -0.39 is 0 Å². The van der Waals surface area contributed by atoms with Crippen molar-refractivity contribution in [3.63, 3.8) is 0 Å². The van der Waals surface area contributed by atoms with Crippen LogP contribution in [-0.2, 0) is 6.42 Å². The quantitative estimate of drug-likeness (QED) is 0.663. The van der Waals surface area contributed by atoms with Crippen molar-refractivity contribution in [3.05, 3.63) is 23.8 Å². The van der Waals surface area contributed by atoms with Gasteiger partial charge in [-0.1, -0.05) is 13.0 Å². The molecule has 4 heteroatoms. The van der Waals surface area contributed by atoms with Gasteiger partial charge in [-0.05, 0) is 31.0 Å². The van der Waals surface area contributed by atoms with Crippen molar-refractivity contribution in [1.29, 1.82) is 0 Å². The maximum absolute atomic E-state index is 11.2. The number of urea groups is 1. The molecule has 0 aromatic heterocycles. The van der Waals surface area contributed by atoms with Gasteiger partial charge in [0, 0.05) is 17.9 Å². The number of carbonyl (C=O) groups is 1. The van der Waals surface area contributed by atoms with E-state index in [0.29, 0.717) is 12.2 Å². The van der Waals surface area contributed by atoms with Crippen LogP contribution in [0.1, 0.15) is 19.4 Å². The van der Waals surface area contributed by atoms with Crippen LogP contribution >= 0.6 is 0 Å². The van der Waals surface area contributed by atoms with Gasteiger partial charge < -0.3 is 16.4 Å². The standard InChI is InChI=1S/C11H17N3O/c1-3-8-5-6-9(7-10(8)12)14-11(15)13-4-2/h5-7H,3-4,12H2,1-2H3,(H2,13,14,15). The molecule has 0 spiro atoms. The largest absolute Gasteiger partial charge is 0.398 e. The topological polar surface area (TPSA) is 67.2 Å². The van der Waals surface area contributed by atoms with Crippen molar-refractivity contribution in [3.8, 4) is 0 Å². The Balaban J connectivity index is 2.71. The summed E-state index contributed by atoms with van der Waals surface area (Å²) in [6.07, 6.45) is 0.896. The summed E-state index contributed by atoms with van der Waals surface area (Å²) in [6, 6.07) is 5.34.